The van der Waals surface area contributed by atoms with E-state index in [9.17, 15) is 8.42 Å². The minimum atomic E-state index is -3.74. The normalized spacial score (nSPS) is 11.4. The zero-order chi connectivity index (χ0) is 18.9. The summed E-state index contributed by atoms with van der Waals surface area (Å²) < 4.78 is 27.6. The van der Waals surface area contributed by atoms with Gasteiger partial charge in [-0.25, -0.2) is 13.4 Å². The molecule has 0 aliphatic carbocycles. The number of nitrogens with zero attached hydrogens (tertiary/aromatic N) is 2. The first-order chi connectivity index (χ1) is 12.3. The fraction of sp³-hybridized carbons (Fsp3) is 0.222. The van der Waals surface area contributed by atoms with Gasteiger partial charge in [0.2, 0.25) is 0 Å². The van der Waals surface area contributed by atoms with Crippen LogP contribution in [-0.2, 0) is 10.0 Å². The molecule has 3 N–H and O–H groups in total. The first-order valence-electron chi connectivity index (χ1n) is 8.11. The summed E-state index contributed by atoms with van der Waals surface area (Å²) in [7, 11) is -3.74. The van der Waals surface area contributed by atoms with E-state index in [-0.39, 0.29) is 10.7 Å². The molecule has 0 atom stereocenters. The molecule has 136 valence electrons. The second-order valence-corrected chi connectivity index (χ2v) is 7.86. The highest BCUT2D eigenvalue weighted by atomic mass is 32.2. The number of sulfonamides is 1. The maximum absolute atomic E-state index is 12.5. The van der Waals surface area contributed by atoms with E-state index in [2.05, 4.69) is 37.4 Å². The van der Waals surface area contributed by atoms with Gasteiger partial charge in [0.25, 0.3) is 10.0 Å². The molecule has 0 fully saturated rings. The van der Waals surface area contributed by atoms with Crippen molar-refractivity contribution in [2.24, 2.45) is 0 Å². The molecular weight excluding hydrogens is 350 g/mol. The van der Waals surface area contributed by atoms with Crippen molar-refractivity contribution in [2.75, 3.05) is 10.0 Å². The molecule has 0 unspecified atom stereocenters. The Morgan fingerprint density at radius 2 is 1.81 bits per heavy atom. The number of aryl methyl sites for hydroxylation is 4. The summed E-state index contributed by atoms with van der Waals surface area (Å²) in [5, 5.41) is 9.90. The quantitative estimate of drug-likeness (QED) is 0.636. The third-order valence-electron chi connectivity index (χ3n) is 4.00. The molecule has 7 nitrogen and oxygen atoms in total. The molecule has 0 saturated heterocycles. The zero-order valence-corrected chi connectivity index (χ0v) is 15.9. The van der Waals surface area contributed by atoms with Crippen LogP contribution in [0.3, 0.4) is 0 Å². The van der Waals surface area contributed by atoms with Gasteiger partial charge >= 0.3 is 0 Å². The van der Waals surface area contributed by atoms with Gasteiger partial charge in [-0.15, -0.1) is 0 Å². The third kappa shape index (κ3) is 3.70. The molecule has 2 aromatic heterocycles. The number of aromatic amines is 1. The summed E-state index contributed by atoms with van der Waals surface area (Å²) in [4.78, 5) is 4.35. The first-order valence-corrected chi connectivity index (χ1v) is 9.59. The Hall–Kier alpha value is -2.87. The van der Waals surface area contributed by atoms with Gasteiger partial charge in [0, 0.05) is 5.69 Å². The number of nitrogens with one attached hydrogen (secondary N) is 3. The van der Waals surface area contributed by atoms with Crippen LogP contribution in [0.2, 0.25) is 0 Å². The van der Waals surface area contributed by atoms with Crippen LogP contribution < -0.4 is 10.0 Å². The summed E-state index contributed by atoms with van der Waals surface area (Å²) in [6.45, 7) is 7.36. The maximum atomic E-state index is 12.5. The summed E-state index contributed by atoms with van der Waals surface area (Å²) in [6, 6.07) is 9.55. The van der Waals surface area contributed by atoms with Crippen molar-refractivity contribution in [2.45, 2.75) is 32.6 Å². The molecule has 0 saturated carbocycles. The Morgan fingerprint density at radius 1 is 1.04 bits per heavy atom. The van der Waals surface area contributed by atoms with Crippen molar-refractivity contribution in [1.82, 2.24) is 15.2 Å². The van der Waals surface area contributed by atoms with Crippen LogP contribution in [0.1, 0.15) is 22.5 Å². The SMILES string of the molecule is Cc1ccc(C)c(Nc2ccc(NS(=O)(=O)c3c(C)n[nH]c3C)nc2)c1. The van der Waals surface area contributed by atoms with Gasteiger partial charge in [-0.3, -0.25) is 9.82 Å². The number of aromatic nitrogens is 3. The molecule has 2 heterocycles. The molecule has 0 spiro atoms. The topological polar surface area (TPSA) is 99.8 Å². The predicted octanol–water partition coefficient (Wildman–Crippen LogP) is 3.58. The molecule has 0 radical (unpaired) electrons. The average Bonchev–Trinajstić information content (AvgIpc) is 2.92. The van der Waals surface area contributed by atoms with E-state index in [0.717, 1.165) is 22.5 Å². The summed E-state index contributed by atoms with van der Waals surface area (Å²) in [5.74, 6) is 0.247. The molecule has 26 heavy (non-hydrogen) atoms. The van der Waals surface area contributed by atoms with Gasteiger partial charge in [-0.1, -0.05) is 12.1 Å². The fourth-order valence-electron chi connectivity index (χ4n) is 2.68. The standard InChI is InChI=1S/C18H21N5O2S/c1-11-5-6-12(2)16(9-11)20-15-7-8-17(19-10-15)23-26(24,25)18-13(3)21-22-14(18)4/h5-10,20H,1-4H3,(H,19,23)(H,21,22). The minimum Gasteiger partial charge on any atom is -0.354 e. The van der Waals surface area contributed by atoms with Crippen LogP contribution >= 0.6 is 0 Å². The average molecular weight is 371 g/mol. The maximum Gasteiger partial charge on any atom is 0.266 e. The summed E-state index contributed by atoms with van der Waals surface area (Å²) in [6.07, 6.45) is 1.59. The van der Waals surface area contributed by atoms with Gasteiger partial charge < -0.3 is 5.32 Å². The third-order valence-corrected chi connectivity index (χ3v) is 5.62. The molecule has 8 heteroatoms. The van der Waals surface area contributed by atoms with Crippen LogP contribution in [0, 0.1) is 27.7 Å². The molecular formula is C18H21N5O2S. The molecule has 0 aliphatic rings. The van der Waals surface area contributed by atoms with Crippen LogP contribution in [0.25, 0.3) is 0 Å². The van der Waals surface area contributed by atoms with Crippen LogP contribution in [0.5, 0.6) is 0 Å². The molecule has 3 rings (SSSR count). The fourth-order valence-corrected chi connectivity index (χ4v) is 4.06. The smallest absolute Gasteiger partial charge is 0.266 e. The van der Waals surface area contributed by atoms with E-state index in [1.807, 2.05) is 19.9 Å². The lowest BCUT2D eigenvalue weighted by Crippen LogP contribution is -2.15. The summed E-state index contributed by atoms with van der Waals surface area (Å²) >= 11 is 0. The highest BCUT2D eigenvalue weighted by Gasteiger charge is 2.22. The van der Waals surface area contributed by atoms with E-state index in [1.165, 1.54) is 0 Å². The zero-order valence-electron chi connectivity index (χ0n) is 15.1. The Balaban J connectivity index is 1.79. The van der Waals surface area contributed by atoms with Crippen molar-refractivity contribution in [3.63, 3.8) is 0 Å². The second-order valence-electron chi connectivity index (χ2n) is 6.24. The lowest BCUT2D eigenvalue weighted by Gasteiger charge is -2.11. The van der Waals surface area contributed by atoms with E-state index >= 15 is 0 Å². The molecule has 1 aromatic carbocycles. The number of rotatable bonds is 5. The van der Waals surface area contributed by atoms with Crippen molar-refractivity contribution < 1.29 is 8.42 Å². The highest BCUT2D eigenvalue weighted by Crippen LogP contribution is 2.23. The molecule has 0 aliphatic heterocycles. The second kappa shape index (κ2) is 6.80. The van der Waals surface area contributed by atoms with Crippen LogP contribution in [-0.4, -0.2) is 23.6 Å². The lowest BCUT2D eigenvalue weighted by molar-refractivity contribution is 0.600. The van der Waals surface area contributed by atoms with Crippen LogP contribution in [0.4, 0.5) is 17.2 Å². The minimum absolute atomic E-state index is 0.150. The first kappa shape index (κ1) is 17.9. The van der Waals surface area contributed by atoms with Gasteiger partial charge in [-0.2, -0.15) is 5.10 Å². The van der Waals surface area contributed by atoms with Gasteiger partial charge in [0.05, 0.1) is 23.3 Å². The molecule has 3 aromatic rings. The number of benzene rings is 1. The largest absolute Gasteiger partial charge is 0.354 e. The van der Waals surface area contributed by atoms with Crippen molar-refractivity contribution in [1.29, 1.82) is 0 Å². The number of hydrogen-bond donors (Lipinski definition) is 3. The Kier molecular flexibility index (Phi) is 4.69. The highest BCUT2D eigenvalue weighted by molar-refractivity contribution is 7.92. The van der Waals surface area contributed by atoms with E-state index < -0.39 is 10.0 Å². The van der Waals surface area contributed by atoms with Crippen molar-refractivity contribution in [3.05, 3.63) is 59.0 Å². The Labute approximate surface area is 152 Å². The Morgan fingerprint density at radius 3 is 2.42 bits per heavy atom. The van der Waals surface area contributed by atoms with E-state index in [1.54, 1.807) is 32.2 Å². The number of pyridine rings is 1. The predicted molar refractivity (Wildman–Crippen MR) is 102 cm³/mol. The van der Waals surface area contributed by atoms with Crippen LogP contribution in [0.15, 0.2) is 41.4 Å². The molecule has 0 amide bonds. The van der Waals surface area contributed by atoms with Gasteiger partial charge in [0.15, 0.2) is 0 Å². The Bertz CT molecular complexity index is 1020. The van der Waals surface area contributed by atoms with E-state index in [0.29, 0.717) is 11.4 Å². The summed E-state index contributed by atoms with van der Waals surface area (Å²) in [5.41, 5.74) is 4.95. The monoisotopic (exact) mass is 371 g/mol. The number of H-pyrrole nitrogens is 1. The van der Waals surface area contributed by atoms with E-state index in [4.69, 9.17) is 0 Å². The van der Waals surface area contributed by atoms with Gasteiger partial charge in [-0.05, 0) is 57.0 Å². The number of anilines is 3. The van der Waals surface area contributed by atoms with Crippen molar-refractivity contribution in [3.8, 4) is 0 Å². The lowest BCUT2D eigenvalue weighted by atomic mass is 10.1. The number of hydrogen-bond acceptors (Lipinski definition) is 5. The van der Waals surface area contributed by atoms with Crippen molar-refractivity contribution >= 4 is 27.2 Å². The van der Waals surface area contributed by atoms with Gasteiger partial charge in [0.1, 0.15) is 10.7 Å². The molecule has 0 bridgehead atoms.